The summed E-state index contributed by atoms with van der Waals surface area (Å²) in [4.78, 5) is 23.6. The first kappa shape index (κ1) is 18.0. The van der Waals surface area contributed by atoms with Crippen LogP contribution in [-0.4, -0.2) is 11.9 Å². The van der Waals surface area contributed by atoms with Crippen molar-refractivity contribution >= 4 is 34.3 Å². The number of carbonyl (C=O) groups excluding carboxylic acids is 2. The van der Waals surface area contributed by atoms with Crippen LogP contribution in [0, 0.1) is 0 Å². The van der Waals surface area contributed by atoms with Gasteiger partial charge in [-0.2, -0.15) is 0 Å². The molecule has 0 spiro atoms. The second-order valence-corrected chi connectivity index (χ2v) is 6.21. The zero-order valence-corrected chi connectivity index (χ0v) is 14.7. The Bertz CT molecular complexity index is 936. The number of rotatable bonds is 6. The van der Waals surface area contributed by atoms with Gasteiger partial charge in [-0.3, -0.25) is 9.59 Å². The molecule has 3 rings (SSSR count). The molecule has 0 heterocycles. The molecular formula is C21H17ClO4. The molecule has 26 heavy (non-hydrogen) atoms. The molecule has 0 bridgehead atoms. The summed E-state index contributed by atoms with van der Waals surface area (Å²) in [6.45, 7) is 0.174. The highest BCUT2D eigenvalue weighted by molar-refractivity contribution is 6.30. The summed E-state index contributed by atoms with van der Waals surface area (Å²) >= 11 is 5.83. The van der Waals surface area contributed by atoms with E-state index < -0.39 is 11.9 Å². The van der Waals surface area contributed by atoms with E-state index in [0.717, 1.165) is 16.3 Å². The molecule has 132 valence electrons. The van der Waals surface area contributed by atoms with Crippen LogP contribution >= 0.6 is 11.6 Å². The smallest absolute Gasteiger partial charge is 0.311 e. The maximum Gasteiger partial charge on any atom is 0.311 e. The average molecular weight is 369 g/mol. The molecule has 3 aromatic rings. The molecule has 0 saturated carbocycles. The Kier molecular flexibility index (Phi) is 5.87. The zero-order chi connectivity index (χ0) is 18.4. The van der Waals surface area contributed by atoms with E-state index in [9.17, 15) is 9.59 Å². The molecule has 0 N–H and O–H groups in total. The van der Waals surface area contributed by atoms with Gasteiger partial charge in [0.15, 0.2) is 0 Å². The molecule has 0 saturated heterocycles. The van der Waals surface area contributed by atoms with Crippen molar-refractivity contribution in [2.75, 3.05) is 0 Å². The van der Waals surface area contributed by atoms with Crippen molar-refractivity contribution in [2.24, 2.45) is 0 Å². The second-order valence-electron chi connectivity index (χ2n) is 5.77. The topological polar surface area (TPSA) is 52.6 Å². The Hall–Kier alpha value is -2.85. The first-order chi connectivity index (χ1) is 12.6. The quantitative estimate of drug-likeness (QED) is 0.457. The number of fused-ring (bicyclic) bond motifs is 1. The van der Waals surface area contributed by atoms with Gasteiger partial charge in [-0.25, -0.2) is 0 Å². The van der Waals surface area contributed by atoms with Gasteiger partial charge in [-0.1, -0.05) is 54.1 Å². The van der Waals surface area contributed by atoms with Crippen LogP contribution in [0.3, 0.4) is 0 Å². The van der Waals surface area contributed by atoms with Gasteiger partial charge in [0, 0.05) is 5.02 Å². The maximum atomic E-state index is 11.8. The monoisotopic (exact) mass is 368 g/mol. The summed E-state index contributed by atoms with van der Waals surface area (Å²) in [5.41, 5.74) is 0.901. The van der Waals surface area contributed by atoms with Crippen molar-refractivity contribution in [3.05, 3.63) is 77.3 Å². The maximum absolute atomic E-state index is 11.8. The van der Waals surface area contributed by atoms with Crippen molar-refractivity contribution in [3.63, 3.8) is 0 Å². The molecule has 0 unspecified atom stereocenters. The standard InChI is InChI=1S/C21H17ClO4/c22-18-6-3-7-19(13-18)26-21(24)11-10-20(23)25-14-15-8-9-16-4-1-2-5-17(16)12-15/h1-9,12-13H,10-11,14H2. The summed E-state index contributed by atoms with van der Waals surface area (Å²) in [6.07, 6.45) is -0.0873. The number of esters is 2. The minimum atomic E-state index is -0.505. The highest BCUT2D eigenvalue weighted by atomic mass is 35.5. The Morgan fingerprint density at radius 3 is 2.38 bits per heavy atom. The third kappa shape index (κ3) is 5.07. The SMILES string of the molecule is O=C(CCC(=O)Oc1cccc(Cl)c1)OCc1ccc2ccccc2c1. The van der Waals surface area contributed by atoms with E-state index in [1.165, 1.54) is 6.07 Å². The molecule has 0 aromatic heterocycles. The largest absolute Gasteiger partial charge is 0.461 e. The third-order valence-electron chi connectivity index (χ3n) is 3.77. The first-order valence-electron chi connectivity index (χ1n) is 8.20. The van der Waals surface area contributed by atoms with Crippen LogP contribution in [0.2, 0.25) is 5.02 Å². The lowest BCUT2D eigenvalue weighted by molar-refractivity contribution is -0.148. The van der Waals surface area contributed by atoms with Crippen molar-refractivity contribution < 1.29 is 19.1 Å². The molecule has 0 fully saturated rings. The number of hydrogen-bond acceptors (Lipinski definition) is 4. The molecular weight excluding hydrogens is 352 g/mol. The van der Waals surface area contributed by atoms with E-state index >= 15 is 0 Å². The second kappa shape index (κ2) is 8.50. The summed E-state index contributed by atoms with van der Waals surface area (Å²) < 4.78 is 10.4. The van der Waals surface area contributed by atoms with Crippen LogP contribution < -0.4 is 4.74 Å². The predicted octanol–water partition coefficient (Wildman–Crippen LogP) is 4.92. The Morgan fingerprint density at radius 2 is 1.58 bits per heavy atom. The minimum absolute atomic E-state index is 0.0347. The van der Waals surface area contributed by atoms with Crippen LogP contribution in [0.15, 0.2) is 66.7 Å². The van der Waals surface area contributed by atoms with Crippen molar-refractivity contribution in [1.29, 1.82) is 0 Å². The molecule has 4 nitrogen and oxygen atoms in total. The molecule has 0 amide bonds. The van der Waals surface area contributed by atoms with E-state index in [4.69, 9.17) is 21.1 Å². The number of hydrogen-bond donors (Lipinski definition) is 0. The number of halogens is 1. The van der Waals surface area contributed by atoms with Gasteiger partial charge >= 0.3 is 11.9 Å². The molecule has 5 heteroatoms. The van der Waals surface area contributed by atoms with Crippen LogP contribution in [0.1, 0.15) is 18.4 Å². The van der Waals surface area contributed by atoms with E-state index in [1.54, 1.807) is 18.2 Å². The lowest BCUT2D eigenvalue weighted by Crippen LogP contribution is -2.12. The van der Waals surface area contributed by atoms with E-state index in [1.807, 2.05) is 42.5 Å². The lowest BCUT2D eigenvalue weighted by Gasteiger charge is -2.07. The highest BCUT2D eigenvalue weighted by Gasteiger charge is 2.11. The van der Waals surface area contributed by atoms with Gasteiger partial charge in [-0.15, -0.1) is 0 Å². The van der Waals surface area contributed by atoms with E-state index in [2.05, 4.69) is 0 Å². The number of ether oxygens (including phenoxy) is 2. The Morgan fingerprint density at radius 1 is 0.808 bits per heavy atom. The van der Waals surface area contributed by atoms with Crippen molar-refractivity contribution in [1.82, 2.24) is 0 Å². The third-order valence-corrected chi connectivity index (χ3v) is 4.01. The molecule has 0 aliphatic heterocycles. The molecule has 3 aromatic carbocycles. The van der Waals surface area contributed by atoms with Crippen LogP contribution in [-0.2, 0) is 20.9 Å². The van der Waals surface area contributed by atoms with Crippen LogP contribution in [0.4, 0.5) is 0 Å². The Labute approximate surface area is 156 Å². The van der Waals surface area contributed by atoms with Gasteiger partial charge in [0.2, 0.25) is 0 Å². The summed E-state index contributed by atoms with van der Waals surface area (Å²) in [5, 5.41) is 2.70. The fourth-order valence-corrected chi connectivity index (χ4v) is 2.66. The van der Waals surface area contributed by atoms with E-state index in [-0.39, 0.29) is 19.4 Å². The first-order valence-corrected chi connectivity index (χ1v) is 8.57. The lowest BCUT2D eigenvalue weighted by atomic mass is 10.1. The normalized spacial score (nSPS) is 10.5. The van der Waals surface area contributed by atoms with Gasteiger partial charge in [0.1, 0.15) is 12.4 Å². The van der Waals surface area contributed by atoms with Gasteiger partial charge < -0.3 is 9.47 Å². The molecule has 0 aliphatic carbocycles. The van der Waals surface area contributed by atoms with Gasteiger partial charge in [0.25, 0.3) is 0 Å². The van der Waals surface area contributed by atoms with Gasteiger partial charge in [-0.05, 0) is 40.6 Å². The molecule has 0 atom stereocenters. The summed E-state index contributed by atoms with van der Waals surface area (Å²) in [7, 11) is 0. The molecule has 0 aliphatic rings. The van der Waals surface area contributed by atoms with Crippen LogP contribution in [0.25, 0.3) is 10.8 Å². The minimum Gasteiger partial charge on any atom is -0.461 e. The van der Waals surface area contributed by atoms with Crippen LogP contribution in [0.5, 0.6) is 5.75 Å². The fourth-order valence-electron chi connectivity index (χ4n) is 2.48. The zero-order valence-electron chi connectivity index (χ0n) is 14.0. The van der Waals surface area contributed by atoms with Crippen molar-refractivity contribution in [2.45, 2.75) is 19.4 Å². The fraction of sp³-hybridized carbons (Fsp3) is 0.143. The van der Waals surface area contributed by atoms with Crippen molar-refractivity contribution in [3.8, 4) is 5.75 Å². The van der Waals surface area contributed by atoms with Gasteiger partial charge in [0.05, 0.1) is 12.8 Å². The number of carbonyl (C=O) groups is 2. The summed E-state index contributed by atoms with van der Waals surface area (Å²) in [6, 6.07) is 20.4. The van der Waals surface area contributed by atoms with E-state index in [0.29, 0.717) is 10.8 Å². The summed E-state index contributed by atoms with van der Waals surface area (Å²) in [5.74, 6) is -0.594. The molecule has 0 radical (unpaired) electrons. The average Bonchev–Trinajstić information content (AvgIpc) is 2.64. The highest BCUT2D eigenvalue weighted by Crippen LogP contribution is 2.18. The Balaban J connectivity index is 1.45. The number of benzene rings is 3. The predicted molar refractivity (Wildman–Crippen MR) is 100 cm³/mol.